The molecule has 5 rings (SSSR count). The van der Waals surface area contributed by atoms with Crippen molar-refractivity contribution in [3.63, 3.8) is 0 Å². The van der Waals surface area contributed by atoms with E-state index in [0.29, 0.717) is 17.1 Å². The number of anilines is 2. The quantitative estimate of drug-likeness (QED) is 0.426. The van der Waals surface area contributed by atoms with Crippen molar-refractivity contribution in [2.24, 2.45) is 7.05 Å². The average Bonchev–Trinajstić information content (AvgIpc) is 2.85. The van der Waals surface area contributed by atoms with Crippen LogP contribution in [0.2, 0.25) is 0 Å². The number of pyridine rings is 1. The first-order valence-electron chi connectivity index (χ1n) is 10.8. The van der Waals surface area contributed by atoms with Crippen molar-refractivity contribution in [2.45, 2.75) is 0 Å². The van der Waals surface area contributed by atoms with Gasteiger partial charge in [0.15, 0.2) is 0 Å². The zero-order valence-corrected chi connectivity index (χ0v) is 18.7. The number of nitrogens with one attached hydrogen (secondary N) is 1. The van der Waals surface area contributed by atoms with Gasteiger partial charge in [0.2, 0.25) is 0 Å². The first kappa shape index (κ1) is 21.3. The number of fused-ring (bicyclic) bond motifs is 1. The second-order valence-electron chi connectivity index (χ2n) is 8.07. The number of rotatable bonds is 4. The lowest BCUT2D eigenvalue weighted by molar-refractivity contribution is 0.784. The van der Waals surface area contributed by atoms with E-state index in [4.69, 9.17) is 0 Å². The lowest BCUT2D eigenvalue weighted by Crippen LogP contribution is -2.40. The summed E-state index contributed by atoms with van der Waals surface area (Å²) >= 11 is 0. The van der Waals surface area contributed by atoms with E-state index in [1.165, 1.54) is 15.2 Å². The SMILES string of the molecule is Bc1ccc(Nc2cc(=O)n(C)c3c2c(=O)n(-c2ccccc2)c(=O)n3-c2ccccc2)cc1. The molecule has 34 heavy (non-hydrogen) atoms. The second kappa shape index (κ2) is 8.40. The molecule has 0 fully saturated rings. The van der Waals surface area contributed by atoms with Crippen molar-refractivity contribution in [3.8, 4) is 11.4 Å². The Bertz CT molecular complexity index is 1690. The van der Waals surface area contributed by atoms with Gasteiger partial charge in [-0.3, -0.25) is 14.2 Å². The predicted molar refractivity (Wildman–Crippen MR) is 138 cm³/mol. The Hall–Kier alpha value is -4.59. The van der Waals surface area contributed by atoms with Crippen molar-refractivity contribution in [2.75, 3.05) is 5.32 Å². The van der Waals surface area contributed by atoms with Crippen LogP contribution in [0, 0.1) is 0 Å². The number of aryl methyl sites for hydroxylation is 1. The summed E-state index contributed by atoms with van der Waals surface area (Å²) in [6.45, 7) is 0. The minimum atomic E-state index is -0.558. The molecule has 0 spiro atoms. The van der Waals surface area contributed by atoms with Crippen LogP contribution in [0.15, 0.2) is 105 Å². The molecule has 0 atom stereocenters. The molecule has 0 amide bonds. The van der Waals surface area contributed by atoms with Gasteiger partial charge in [-0.15, -0.1) is 0 Å². The Kier molecular flexibility index (Phi) is 5.26. The molecular weight excluding hydrogens is 427 g/mol. The second-order valence-corrected chi connectivity index (χ2v) is 8.07. The summed E-state index contributed by atoms with van der Waals surface area (Å²) in [4.78, 5) is 40.6. The largest absolute Gasteiger partial charge is 0.355 e. The molecule has 2 aromatic heterocycles. The van der Waals surface area contributed by atoms with Crippen molar-refractivity contribution in [1.29, 1.82) is 0 Å². The van der Waals surface area contributed by atoms with Crippen LogP contribution in [0.5, 0.6) is 0 Å². The van der Waals surface area contributed by atoms with Crippen LogP contribution >= 0.6 is 0 Å². The average molecular weight is 448 g/mol. The van der Waals surface area contributed by atoms with Crippen LogP contribution in [0.1, 0.15) is 0 Å². The van der Waals surface area contributed by atoms with Crippen molar-refractivity contribution >= 4 is 35.7 Å². The summed E-state index contributed by atoms with van der Waals surface area (Å²) in [6.07, 6.45) is 0. The van der Waals surface area contributed by atoms with Gasteiger partial charge < -0.3 is 5.32 Å². The molecule has 7 nitrogen and oxygen atoms in total. The van der Waals surface area contributed by atoms with Crippen molar-refractivity contribution in [3.05, 3.63) is 122 Å². The van der Waals surface area contributed by atoms with Gasteiger partial charge in [-0.2, -0.15) is 0 Å². The monoisotopic (exact) mass is 448 g/mol. The highest BCUT2D eigenvalue weighted by molar-refractivity contribution is 6.32. The maximum absolute atomic E-state index is 13.9. The lowest BCUT2D eigenvalue weighted by Gasteiger charge is -2.19. The third-order valence-corrected chi connectivity index (χ3v) is 5.78. The minimum Gasteiger partial charge on any atom is -0.355 e. The van der Waals surface area contributed by atoms with Crippen LogP contribution in [0.25, 0.3) is 22.4 Å². The summed E-state index contributed by atoms with van der Waals surface area (Å²) in [6, 6.07) is 26.8. The molecule has 2 heterocycles. The van der Waals surface area contributed by atoms with Crippen LogP contribution < -0.4 is 27.6 Å². The van der Waals surface area contributed by atoms with Crippen LogP contribution in [0.3, 0.4) is 0 Å². The van der Waals surface area contributed by atoms with Crippen molar-refractivity contribution in [1.82, 2.24) is 13.7 Å². The highest BCUT2D eigenvalue weighted by Crippen LogP contribution is 2.23. The zero-order chi connectivity index (χ0) is 23.8. The number of nitrogens with zero attached hydrogens (tertiary/aromatic N) is 3. The lowest BCUT2D eigenvalue weighted by atomic mass is 9.96. The Morgan fingerprint density at radius 3 is 1.88 bits per heavy atom. The van der Waals surface area contributed by atoms with E-state index in [0.717, 1.165) is 15.7 Å². The molecule has 0 unspecified atom stereocenters. The molecule has 0 aliphatic carbocycles. The summed E-state index contributed by atoms with van der Waals surface area (Å²) in [7, 11) is 3.54. The van der Waals surface area contributed by atoms with E-state index in [9.17, 15) is 14.4 Å². The van der Waals surface area contributed by atoms with Gasteiger partial charge in [0, 0.05) is 18.8 Å². The fourth-order valence-corrected chi connectivity index (χ4v) is 4.05. The molecule has 3 aromatic carbocycles. The smallest absolute Gasteiger partial charge is 0.341 e. The van der Waals surface area contributed by atoms with E-state index in [1.54, 1.807) is 55.6 Å². The summed E-state index contributed by atoms with van der Waals surface area (Å²) in [5.41, 5.74) is 1.94. The fourth-order valence-electron chi connectivity index (χ4n) is 4.05. The summed E-state index contributed by atoms with van der Waals surface area (Å²) in [5, 5.41) is 3.45. The van der Waals surface area contributed by atoms with Gasteiger partial charge in [0.1, 0.15) is 18.9 Å². The molecule has 8 heteroatoms. The van der Waals surface area contributed by atoms with Gasteiger partial charge in [-0.25, -0.2) is 13.9 Å². The molecule has 0 aliphatic rings. The summed E-state index contributed by atoms with van der Waals surface area (Å²) in [5.74, 6) is 0. The standard InChI is InChI=1S/C26H21BN4O3/c1-29-22(32)16-21(28-18-14-12-17(27)13-15-18)23-24(29)30(19-8-4-2-5-9-19)26(34)31(25(23)33)20-10-6-3-7-11-20/h2-16,28H,27H2,1H3. The molecule has 0 saturated heterocycles. The van der Waals surface area contributed by atoms with Gasteiger partial charge in [-0.1, -0.05) is 54.0 Å². The van der Waals surface area contributed by atoms with Gasteiger partial charge in [0.05, 0.1) is 17.1 Å². The number of benzene rings is 3. The number of para-hydroxylation sites is 2. The molecule has 166 valence electrons. The summed E-state index contributed by atoms with van der Waals surface area (Å²) < 4.78 is 3.88. The number of hydrogen-bond acceptors (Lipinski definition) is 4. The van der Waals surface area contributed by atoms with Crippen LogP contribution in [-0.4, -0.2) is 21.5 Å². The Balaban J connectivity index is 1.95. The molecular formula is C26H21BN4O3. The topological polar surface area (TPSA) is 78.0 Å². The first-order valence-corrected chi connectivity index (χ1v) is 10.8. The Labute approximate surface area is 195 Å². The van der Waals surface area contributed by atoms with E-state index in [2.05, 4.69) is 5.32 Å². The van der Waals surface area contributed by atoms with E-state index in [-0.39, 0.29) is 16.6 Å². The molecule has 1 N–H and O–H groups in total. The molecule has 0 saturated carbocycles. The molecule has 0 radical (unpaired) electrons. The Morgan fingerprint density at radius 2 is 1.29 bits per heavy atom. The van der Waals surface area contributed by atoms with Gasteiger partial charge >= 0.3 is 5.69 Å². The Morgan fingerprint density at radius 1 is 0.735 bits per heavy atom. The molecule has 5 aromatic rings. The van der Waals surface area contributed by atoms with E-state index < -0.39 is 11.2 Å². The molecule has 0 aliphatic heterocycles. The first-order chi connectivity index (χ1) is 16.5. The van der Waals surface area contributed by atoms with E-state index >= 15 is 0 Å². The third-order valence-electron chi connectivity index (χ3n) is 5.78. The van der Waals surface area contributed by atoms with Gasteiger partial charge in [0.25, 0.3) is 11.1 Å². The fraction of sp³-hybridized carbons (Fsp3) is 0.0385. The zero-order valence-electron chi connectivity index (χ0n) is 18.7. The van der Waals surface area contributed by atoms with Crippen molar-refractivity contribution < 1.29 is 0 Å². The third kappa shape index (κ3) is 3.55. The van der Waals surface area contributed by atoms with Crippen LogP contribution in [0.4, 0.5) is 11.4 Å². The van der Waals surface area contributed by atoms with E-state index in [1.807, 2.05) is 44.2 Å². The predicted octanol–water partition coefficient (Wildman–Crippen LogP) is 1.84. The molecule has 0 bridgehead atoms. The number of aromatic nitrogens is 3. The number of hydrogen-bond donors (Lipinski definition) is 1. The highest BCUT2D eigenvalue weighted by Gasteiger charge is 2.21. The highest BCUT2D eigenvalue weighted by atomic mass is 16.2. The minimum absolute atomic E-state index is 0.218. The maximum atomic E-state index is 13.9. The van der Waals surface area contributed by atoms with Gasteiger partial charge in [-0.05, 0) is 36.4 Å². The maximum Gasteiger partial charge on any atom is 0.341 e. The normalized spacial score (nSPS) is 11.0. The van der Waals surface area contributed by atoms with Crippen LogP contribution in [-0.2, 0) is 7.05 Å².